The highest BCUT2D eigenvalue weighted by Crippen LogP contribution is 2.30. The molecular weight excluding hydrogens is 318 g/mol. The Morgan fingerprint density at radius 2 is 1.74 bits per heavy atom. The van der Waals surface area contributed by atoms with Crippen LogP contribution in [0.1, 0.15) is 20.7 Å². The minimum atomic E-state index is -4.00. The van der Waals surface area contributed by atoms with E-state index in [2.05, 4.69) is 0 Å². The average Bonchev–Trinajstić information content (AvgIpc) is 2.76. The summed E-state index contributed by atoms with van der Waals surface area (Å²) in [5.74, 6) is -0.866. The number of para-hydroxylation sites is 1. The number of methoxy groups -OCH3 is 1. The van der Waals surface area contributed by atoms with Gasteiger partial charge < -0.3 is 4.74 Å². The van der Waals surface area contributed by atoms with Gasteiger partial charge in [0.2, 0.25) is 0 Å². The summed E-state index contributed by atoms with van der Waals surface area (Å²) in [6.07, 6.45) is 0. The lowest BCUT2D eigenvalue weighted by molar-refractivity contribution is 0.0819. The van der Waals surface area contributed by atoms with Crippen LogP contribution in [0.2, 0.25) is 0 Å². The fraction of sp³-hybridized carbons (Fsp3) is 0.125. The summed E-state index contributed by atoms with van der Waals surface area (Å²) in [5.41, 5.74) is 0.314. The molecule has 23 heavy (non-hydrogen) atoms. The fourth-order valence-corrected chi connectivity index (χ4v) is 4.00. The van der Waals surface area contributed by atoms with Gasteiger partial charge in [0.05, 0.1) is 18.2 Å². The first kappa shape index (κ1) is 15.2. The molecule has 0 saturated carbocycles. The first-order valence-electron chi connectivity index (χ1n) is 6.79. The van der Waals surface area contributed by atoms with Gasteiger partial charge in [-0.2, -0.15) is 0 Å². The van der Waals surface area contributed by atoms with E-state index >= 15 is 0 Å². The molecule has 0 spiro atoms. The van der Waals surface area contributed by atoms with E-state index in [0.29, 0.717) is 10.1 Å². The van der Waals surface area contributed by atoms with E-state index in [1.807, 2.05) is 0 Å². The summed E-state index contributed by atoms with van der Waals surface area (Å²) < 4.78 is 30.6. The lowest BCUT2D eigenvalue weighted by Crippen LogP contribution is -2.35. The molecule has 2 aromatic carbocycles. The van der Waals surface area contributed by atoms with Crippen LogP contribution in [0, 0.1) is 0 Å². The maximum Gasteiger partial charge on any atom is 0.269 e. The molecule has 1 aliphatic rings. The third kappa shape index (κ3) is 2.39. The lowest BCUT2D eigenvalue weighted by Gasteiger charge is -2.15. The maximum absolute atomic E-state index is 12.4. The van der Waals surface area contributed by atoms with Crippen molar-refractivity contribution in [3.05, 3.63) is 59.7 Å². The van der Waals surface area contributed by atoms with Gasteiger partial charge in [-0.15, -0.1) is 0 Å². The number of Topliss-reactive ketones (excluding diaryl/α,β-unsaturated/α-hetero) is 1. The Hall–Kier alpha value is -2.67. The van der Waals surface area contributed by atoms with Crippen LogP contribution in [0.25, 0.3) is 0 Å². The topological polar surface area (TPSA) is 80.8 Å². The van der Waals surface area contributed by atoms with Gasteiger partial charge in [-0.25, -0.2) is 12.7 Å². The third-order valence-corrected chi connectivity index (χ3v) is 5.39. The Bertz CT molecular complexity index is 904. The van der Waals surface area contributed by atoms with Crippen molar-refractivity contribution < 1.29 is 22.7 Å². The largest absolute Gasteiger partial charge is 0.496 e. The highest BCUT2D eigenvalue weighted by molar-refractivity contribution is 7.90. The molecule has 0 aliphatic carbocycles. The molecule has 0 bridgehead atoms. The van der Waals surface area contributed by atoms with Crippen LogP contribution >= 0.6 is 0 Å². The number of sulfonamides is 1. The molecule has 7 heteroatoms. The Labute approximate surface area is 133 Å². The SMILES string of the molecule is COc1ccccc1C(=O)CN1C(=O)c2ccccc2S1(=O)=O. The van der Waals surface area contributed by atoms with E-state index in [4.69, 9.17) is 4.74 Å². The average molecular weight is 331 g/mol. The minimum absolute atomic E-state index is 0.0715. The van der Waals surface area contributed by atoms with Crippen LogP contribution < -0.4 is 4.74 Å². The summed E-state index contributed by atoms with van der Waals surface area (Å²) in [7, 11) is -2.58. The van der Waals surface area contributed by atoms with Crippen LogP contribution in [0.3, 0.4) is 0 Å². The van der Waals surface area contributed by atoms with E-state index in [9.17, 15) is 18.0 Å². The molecule has 3 rings (SSSR count). The summed E-state index contributed by atoms with van der Waals surface area (Å²) in [6, 6.07) is 12.4. The van der Waals surface area contributed by atoms with Gasteiger partial charge in [0.1, 0.15) is 17.2 Å². The van der Waals surface area contributed by atoms with Gasteiger partial charge in [0.25, 0.3) is 15.9 Å². The van der Waals surface area contributed by atoms with Crippen LogP contribution in [0.5, 0.6) is 5.75 Å². The Kier molecular flexibility index (Phi) is 3.65. The van der Waals surface area contributed by atoms with Gasteiger partial charge in [0, 0.05) is 0 Å². The van der Waals surface area contributed by atoms with Crippen molar-refractivity contribution in [2.24, 2.45) is 0 Å². The zero-order chi connectivity index (χ0) is 16.6. The molecule has 0 N–H and O–H groups in total. The standard InChI is InChI=1S/C16H13NO5S/c1-22-14-8-4-2-6-11(14)13(18)10-17-16(19)12-7-3-5-9-15(12)23(17,20)21/h2-9H,10H2,1H3. The van der Waals surface area contributed by atoms with Crippen LogP contribution in [-0.2, 0) is 10.0 Å². The molecular formula is C16H13NO5S. The van der Waals surface area contributed by atoms with E-state index in [-0.39, 0.29) is 16.0 Å². The molecule has 2 aromatic rings. The first-order chi connectivity index (χ1) is 11.0. The number of carbonyl (C=O) groups excluding carboxylic acids is 2. The number of hydrogen-bond acceptors (Lipinski definition) is 5. The van der Waals surface area contributed by atoms with Crippen molar-refractivity contribution >= 4 is 21.7 Å². The van der Waals surface area contributed by atoms with Gasteiger partial charge in [-0.3, -0.25) is 9.59 Å². The second-order valence-corrected chi connectivity index (χ2v) is 6.77. The number of benzene rings is 2. The molecule has 118 valence electrons. The van der Waals surface area contributed by atoms with Crippen molar-refractivity contribution in [3.8, 4) is 5.75 Å². The second-order valence-electron chi connectivity index (χ2n) is 4.94. The fourth-order valence-electron chi connectivity index (χ4n) is 2.48. The van der Waals surface area contributed by atoms with Crippen molar-refractivity contribution in [3.63, 3.8) is 0 Å². The van der Waals surface area contributed by atoms with Crippen molar-refractivity contribution in [1.82, 2.24) is 4.31 Å². The summed E-state index contributed by atoms with van der Waals surface area (Å²) in [6.45, 7) is -0.559. The smallest absolute Gasteiger partial charge is 0.269 e. The maximum atomic E-state index is 12.4. The monoisotopic (exact) mass is 331 g/mol. The highest BCUT2D eigenvalue weighted by atomic mass is 32.2. The van der Waals surface area contributed by atoms with Crippen molar-refractivity contribution in [2.75, 3.05) is 13.7 Å². The van der Waals surface area contributed by atoms with Crippen molar-refractivity contribution in [1.29, 1.82) is 0 Å². The summed E-state index contributed by atoms with van der Waals surface area (Å²) >= 11 is 0. The van der Waals surface area contributed by atoms with E-state index in [0.717, 1.165) is 0 Å². The Balaban J connectivity index is 1.96. The number of nitrogens with zero attached hydrogens (tertiary/aromatic N) is 1. The second kappa shape index (κ2) is 5.51. The summed E-state index contributed by atoms with van der Waals surface area (Å²) in [5, 5.41) is 0. The van der Waals surface area contributed by atoms with Crippen LogP contribution in [0.4, 0.5) is 0 Å². The predicted octanol–water partition coefficient (Wildman–Crippen LogP) is 1.72. The minimum Gasteiger partial charge on any atom is -0.496 e. The predicted molar refractivity (Wildman–Crippen MR) is 82.0 cm³/mol. The molecule has 0 unspecified atom stereocenters. The zero-order valence-electron chi connectivity index (χ0n) is 12.2. The Morgan fingerprint density at radius 1 is 1.09 bits per heavy atom. The number of carbonyl (C=O) groups is 2. The normalized spacial score (nSPS) is 15.3. The third-order valence-electron chi connectivity index (χ3n) is 3.61. The molecule has 0 fully saturated rings. The van der Waals surface area contributed by atoms with E-state index in [1.165, 1.54) is 31.4 Å². The molecule has 0 aromatic heterocycles. The number of fused-ring (bicyclic) bond motifs is 1. The lowest BCUT2D eigenvalue weighted by atomic mass is 10.1. The molecule has 1 heterocycles. The number of ketones is 1. The molecule has 0 atom stereocenters. The summed E-state index contributed by atoms with van der Waals surface area (Å²) in [4.78, 5) is 24.7. The van der Waals surface area contributed by atoms with Crippen LogP contribution in [-0.4, -0.2) is 38.1 Å². The van der Waals surface area contributed by atoms with Gasteiger partial charge in [0.15, 0.2) is 5.78 Å². The molecule has 0 saturated heterocycles. The number of hydrogen-bond donors (Lipinski definition) is 0. The Morgan fingerprint density at radius 3 is 2.43 bits per heavy atom. The van der Waals surface area contributed by atoms with E-state index < -0.39 is 28.3 Å². The van der Waals surface area contributed by atoms with Gasteiger partial charge >= 0.3 is 0 Å². The molecule has 6 nitrogen and oxygen atoms in total. The van der Waals surface area contributed by atoms with Crippen LogP contribution in [0.15, 0.2) is 53.4 Å². The van der Waals surface area contributed by atoms with Crippen molar-refractivity contribution in [2.45, 2.75) is 4.90 Å². The first-order valence-corrected chi connectivity index (χ1v) is 8.23. The molecule has 1 aliphatic heterocycles. The molecule has 1 amide bonds. The number of ether oxygens (including phenoxy) is 1. The van der Waals surface area contributed by atoms with E-state index in [1.54, 1.807) is 24.3 Å². The number of rotatable bonds is 4. The molecule has 0 radical (unpaired) electrons. The number of amides is 1. The quantitative estimate of drug-likeness (QED) is 0.797. The van der Waals surface area contributed by atoms with Gasteiger partial charge in [-0.05, 0) is 24.3 Å². The van der Waals surface area contributed by atoms with Gasteiger partial charge in [-0.1, -0.05) is 24.3 Å². The highest BCUT2D eigenvalue weighted by Gasteiger charge is 2.42. The zero-order valence-corrected chi connectivity index (χ0v) is 13.0.